The van der Waals surface area contributed by atoms with Crippen LogP contribution >= 0.6 is 23.4 Å². The SMILES string of the molecule is O=C(Nc1ccccc1N1CCSCC1)c1ccc(Cl)cc1. The summed E-state index contributed by atoms with van der Waals surface area (Å²) in [5.41, 5.74) is 2.55. The first kappa shape index (κ1) is 15.3. The molecule has 1 fully saturated rings. The van der Waals surface area contributed by atoms with Gasteiger partial charge in [-0.3, -0.25) is 4.79 Å². The Balaban J connectivity index is 1.79. The van der Waals surface area contributed by atoms with Crippen LogP contribution < -0.4 is 10.2 Å². The Morgan fingerprint density at radius 3 is 2.45 bits per heavy atom. The number of rotatable bonds is 3. The predicted octanol–water partition coefficient (Wildman–Crippen LogP) is 4.15. The van der Waals surface area contributed by atoms with Gasteiger partial charge in [-0.15, -0.1) is 0 Å². The molecule has 22 heavy (non-hydrogen) atoms. The van der Waals surface area contributed by atoms with Crippen molar-refractivity contribution in [2.24, 2.45) is 0 Å². The average molecular weight is 333 g/mol. The van der Waals surface area contributed by atoms with Gasteiger partial charge in [0.15, 0.2) is 0 Å². The van der Waals surface area contributed by atoms with E-state index in [4.69, 9.17) is 11.6 Å². The number of halogens is 1. The van der Waals surface area contributed by atoms with Gasteiger partial charge < -0.3 is 10.2 Å². The lowest BCUT2D eigenvalue weighted by molar-refractivity contribution is 0.102. The van der Waals surface area contributed by atoms with E-state index >= 15 is 0 Å². The van der Waals surface area contributed by atoms with E-state index in [0.717, 1.165) is 36.0 Å². The van der Waals surface area contributed by atoms with Gasteiger partial charge in [-0.05, 0) is 36.4 Å². The molecular formula is C17H17ClN2OS. The molecule has 2 aromatic carbocycles. The van der Waals surface area contributed by atoms with Crippen molar-refractivity contribution in [3.63, 3.8) is 0 Å². The van der Waals surface area contributed by atoms with Crippen molar-refractivity contribution in [3.05, 3.63) is 59.1 Å². The van der Waals surface area contributed by atoms with E-state index in [-0.39, 0.29) is 5.91 Å². The number of nitrogens with one attached hydrogen (secondary N) is 1. The molecule has 0 spiro atoms. The van der Waals surface area contributed by atoms with Crippen molar-refractivity contribution in [1.29, 1.82) is 0 Å². The normalized spacial score (nSPS) is 14.7. The number of benzene rings is 2. The summed E-state index contributed by atoms with van der Waals surface area (Å²) >= 11 is 7.83. The monoisotopic (exact) mass is 332 g/mol. The highest BCUT2D eigenvalue weighted by Gasteiger charge is 2.16. The minimum Gasteiger partial charge on any atom is -0.368 e. The molecule has 3 nitrogen and oxygen atoms in total. The molecule has 1 aliphatic rings. The minimum atomic E-state index is -0.115. The van der Waals surface area contributed by atoms with Gasteiger partial charge in [-0.25, -0.2) is 0 Å². The number of hydrogen-bond donors (Lipinski definition) is 1. The largest absolute Gasteiger partial charge is 0.368 e. The van der Waals surface area contributed by atoms with E-state index < -0.39 is 0 Å². The van der Waals surface area contributed by atoms with Crippen molar-refractivity contribution < 1.29 is 4.79 Å². The van der Waals surface area contributed by atoms with Gasteiger partial charge in [0, 0.05) is 35.2 Å². The van der Waals surface area contributed by atoms with Crippen molar-refractivity contribution >= 4 is 40.6 Å². The number of carbonyl (C=O) groups is 1. The maximum absolute atomic E-state index is 12.4. The molecule has 5 heteroatoms. The third kappa shape index (κ3) is 3.57. The van der Waals surface area contributed by atoms with Crippen LogP contribution in [0.25, 0.3) is 0 Å². The van der Waals surface area contributed by atoms with Gasteiger partial charge in [0.2, 0.25) is 0 Å². The van der Waals surface area contributed by atoms with Crippen LogP contribution in [0.1, 0.15) is 10.4 Å². The number of anilines is 2. The highest BCUT2D eigenvalue weighted by molar-refractivity contribution is 7.99. The first-order valence-corrected chi connectivity index (χ1v) is 8.76. The van der Waals surface area contributed by atoms with Crippen LogP contribution in [0.3, 0.4) is 0 Å². The van der Waals surface area contributed by atoms with Crippen molar-refractivity contribution in [2.45, 2.75) is 0 Å². The second-order valence-electron chi connectivity index (χ2n) is 5.08. The lowest BCUT2D eigenvalue weighted by atomic mass is 10.2. The average Bonchev–Trinajstić information content (AvgIpc) is 2.57. The number of thioether (sulfide) groups is 1. The third-order valence-electron chi connectivity index (χ3n) is 3.61. The predicted molar refractivity (Wildman–Crippen MR) is 95.4 cm³/mol. The zero-order chi connectivity index (χ0) is 15.4. The van der Waals surface area contributed by atoms with Crippen LogP contribution in [0.4, 0.5) is 11.4 Å². The van der Waals surface area contributed by atoms with E-state index in [9.17, 15) is 4.79 Å². The van der Waals surface area contributed by atoms with Gasteiger partial charge in [0.05, 0.1) is 11.4 Å². The highest BCUT2D eigenvalue weighted by atomic mass is 35.5. The second kappa shape index (κ2) is 7.07. The molecule has 1 heterocycles. The van der Waals surface area contributed by atoms with Gasteiger partial charge in [0.25, 0.3) is 5.91 Å². The smallest absolute Gasteiger partial charge is 0.255 e. The van der Waals surface area contributed by atoms with Crippen LogP contribution in [-0.2, 0) is 0 Å². The van der Waals surface area contributed by atoms with Crippen molar-refractivity contribution in [1.82, 2.24) is 0 Å². The van der Waals surface area contributed by atoms with Crippen molar-refractivity contribution in [2.75, 3.05) is 34.8 Å². The summed E-state index contributed by atoms with van der Waals surface area (Å²) in [7, 11) is 0. The highest BCUT2D eigenvalue weighted by Crippen LogP contribution is 2.28. The summed E-state index contributed by atoms with van der Waals surface area (Å²) in [6, 6.07) is 14.9. The third-order valence-corrected chi connectivity index (χ3v) is 4.80. The summed E-state index contributed by atoms with van der Waals surface area (Å²) in [5.74, 6) is 2.13. The standard InChI is InChI=1S/C17H17ClN2OS/c18-14-7-5-13(6-8-14)17(21)19-15-3-1-2-4-16(15)20-9-11-22-12-10-20/h1-8H,9-12H2,(H,19,21). The van der Waals surface area contributed by atoms with Gasteiger partial charge in [-0.1, -0.05) is 23.7 Å². The lowest BCUT2D eigenvalue weighted by Gasteiger charge is -2.30. The quantitative estimate of drug-likeness (QED) is 0.916. The maximum Gasteiger partial charge on any atom is 0.255 e. The Kier molecular flexibility index (Phi) is 4.90. The summed E-state index contributed by atoms with van der Waals surface area (Å²) in [5, 5.41) is 3.64. The van der Waals surface area contributed by atoms with E-state index in [1.807, 2.05) is 30.0 Å². The molecule has 0 saturated carbocycles. The van der Waals surface area contributed by atoms with E-state index in [1.165, 1.54) is 0 Å². The summed E-state index contributed by atoms with van der Waals surface area (Å²) < 4.78 is 0. The van der Waals surface area contributed by atoms with E-state index in [1.54, 1.807) is 24.3 Å². The number of amides is 1. The van der Waals surface area contributed by atoms with Crippen LogP contribution in [0.15, 0.2) is 48.5 Å². The number of hydrogen-bond acceptors (Lipinski definition) is 3. The number of nitrogens with zero attached hydrogens (tertiary/aromatic N) is 1. The van der Waals surface area contributed by atoms with E-state index in [0.29, 0.717) is 10.6 Å². The Labute approximate surface area is 139 Å². The topological polar surface area (TPSA) is 32.3 Å². The lowest BCUT2D eigenvalue weighted by Crippen LogP contribution is -2.33. The summed E-state index contributed by atoms with van der Waals surface area (Å²) in [6.07, 6.45) is 0. The first-order chi connectivity index (χ1) is 10.7. The van der Waals surface area contributed by atoms with Crippen LogP contribution in [0.2, 0.25) is 5.02 Å². The molecule has 2 aromatic rings. The zero-order valence-electron chi connectivity index (χ0n) is 12.1. The molecular weight excluding hydrogens is 316 g/mol. The Hall–Kier alpha value is -1.65. The molecule has 1 aliphatic heterocycles. The van der Waals surface area contributed by atoms with Crippen molar-refractivity contribution in [3.8, 4) is 0 Å². The second-order valence-corrected chi connectivity index (χ2v) is 6.74. The fourth-order valence-electron chi connectivity index (χ4n) is 2.46. The van der Waals surface area contributed by atoms with Gasteiger partial charge in [-0.2, -0.15) is 11.8 Å². The van der Waals surface area contributed by atoms with E-state index in [2.05, 4.69) is 16.3 Å². The molecule has 1 amide bonds. The molecule has 3 rings (SSSR count). The maximum atomic E-state index is 12.4. The van der Waals surface area contributed by atoms with Crippen LogP contribution in [0, 0.1) is 0 Å². The Morgan fingerprint density at radius 1 is 1.05 bits per heavy atom. The molecule has 1 saturated heterocycles. The van der Waals surface area contributed by atoms with Crippen LogP contribution in [0.5, 0.6) is 0 Å². The van der Waals surface area contributed by atoms with Crippen LogP contribution in [-0.4, -0.2) is 30.5 Å². The first-order valence-electron chi connectivity index (χ1n) is 7.23. The number of para-hydroxylation sites is 2. The fraction of sp³-hybridized carbons (Fsp3) is 0.235. The molecule has 114 valence electrons. The molecule has 0 aliphatic carbocycles. The number of carbonyl (C=O) groups excluding carboxylic acids is 1. The minimum absolute atomic E-state index is 0.115. The Morgan fingerprint density at radius 2 is 1.73 bits per heavy atom. The zero-order valence-corrected chi connectivity index (χ0v) is 13.7. The molecule has 0 atom stereocenters. The summed E-state index contributed by atoms with van der Waals surface area (Å²) in [6.45, 7) is 2.02. The molecule has 1 N–H and O–H groups in total. The molecule has 0 radical (unpaired) electrons. The fourth-order valence-corrected chi connectivity index (χ4v) is 3.48. The Bertz CT molecular complexity index is 654. The summed E-state index contributed by atoms with van der Waals surface area (Å²) in [4.78, 5) is 14.7. The van der Waals surface area contributed by atoms with Gasteiger partial charge in [0.1, 0.15) is 0 Å². The molecule has 0 bridgehead atoms. The molecule has 0 unspecified atom stereocenters. The van der Waals surface area contributed by atoms with Gasteiger partial charge >= 0.3 is 0 Å². The molecule has 0 aromatic heterocycles.